The smallest absolute Gasteiger partial charge is 0.242 e. The van der Waals surface area contributed by atoms with Crippen LogP contribution in [0.5, 0.6) is 0 Å². The molecule has 5 nitrogen and oxygen atoms in total. The highest BCUT2D eigenvalue weighted by molar-refractivity contribution is 7.89. The van der Waals surface area contributed by atoms with E-state index < -0.39 is 10.0 Å². The lowest BCUT2D eigenvalue weighted by Gasteiger charge is -2.04. The van der Waals surface area contributed by atoms with Crippen LogP contribution >= 0.6 is 0 Å². The van der Waals surface area contributed by atoms with E-state index in [1.807, 2.05) is 6.92 Å². The highest BCUT2D eigenvalue weighted by Gasteiger charge is 2.11. The molecular weight excluding hydrogens is 226 g/mol. The predicted octanol–water partition coefficient (Wildman–Crippen LogP) is 0.479. The van der Waals surface area contributed by atoms with Gasteiger partial charge in [0, 0.05) is 7.05 Å². The lowest BCUT2D eigenvalue weighted by Crippen LogP contribution is -2.24. The average molecular weight is 241 g/mol. The molecule has 88 valence electrons. The summed E-state index contributed by atoms with van der Waals surface area (Å²) in [5, 5.41) is 2.67. The van der Waals surface area contributed by atoms with E-state index in [1.54, 1.807) is 31.3 Å². The van der Waals surface area contributed by atoms with Gasteiger partial charge in [-0.05, 0) is 19.1 Å². The molecule has 0 bridgehead atoms. The molecule has 1 aromatic carbocycles. The molecular formula is C10H15N3O2S. The van der Waals surface area contributed by atoms with Crippen molar-refractivity contribution in [3.05, 3.63) is 29.8 Å². The van der Waals surface area contributed by atoms with Crippen LogP contribution in [-0.2, 0) is 10.0 Å². The summed E-state index contributed by atoms with van der Waals surface area (Å²) in [5.74, 6) is 0. The Morgan fingerprint density at radius 3 is 2.50 bits per heavy atom. The fourth-order valence-electron chi connectivity index (χ4n) is 1.06. The van der Waals surface area contributed by atoms with Gasteiger partial charge in [-0.2, -0.15) is 4.72 Å². The Labute approximate surface area is 95.6 Å². The monoisotopic (exact) mass is 241 g/mol. The summed E-state index contributed by atoms with van der Waals surface area (Å²) in [6.07, 6.45) is 1.43. The van der Waals surface area contributed by atoms with Crippen LogP contribution in [0.15, 0.2) is 34.2 Å². The van der Waals surface area contributed by atoms with Gasteiger partial charge in [-0.3, -0.25) is 4.99 Å². The van der Waals surface area contributed by atoms with Crippen molar-refractivity contribution in [3.63, 3.8) is 0 Å². The standard InChI is InChI=1S/C10H15N3O2S/c1-9-3-5-10(6-4-9)16(14,15)13-8-12-7-11-2/h3-7,13H,8H2,1-2H3,(H,11,12). The third kappa shape index (κ3) is 3.63. The summed E-state index contributed by atoms with van der Waals surface area (Å²) in [4.78, 5) is 4.04. The number of rotatable bonds is 5. The Kier molecular flexibility index (Phi) is 4.45. The summed E-state index contributed by atoms with van der Waals surface area (Å²) < 4.78 is 25.8. The van der Waals surface area contributed by atoms with Crippen LogP contribution in [0, 0.1) is 6.92 Å². The molecule has 16 heavy (non-hydrogen) atoms. The summed E-state index contributed by atoms with van der Waals surface area (Å²) in [6, 6.07) is 6.65. The fraction of sp³-hybridized carbons (Fsp3) is 0.300. The normalized spacial score (nSPS) is 11.9. The largest absolute Gasteiger partial charge is 0.379 e. The molecule has 0 heterocycles. The van der Waals surface area contributed by atoms with Gasteiger partial charge in [-0.1, -0.05) is 17.7 Å². The molecule has 1 rings (SSSR count). The van der Waals surface area contributed by atoms with E-state index in [2.05, 4.69) is 15.0 Å². The maximum atomic E-state index is 11.7. The number of sulfonamides is 1. The molecule has 0 amide bonds. The summed E-state index contributed by atoms with van der Waals surface area (Å²) >= 11 is 0. The molecule has 0 saturated heterocycles. The lowest BCUT2D eigenvalue weighted by molar-refractivity contribution is 0.583. The zero-order valence-corrected chi connectivity index (χ0v) is 10.1. The number of benzene rings is 1. The Hall–Kier alpha value is -1.40. The maximum Gasteiger partial charge on any atom is 0.242 e. The first-order chi connectivity index (χ1) is 7.56. The molecule has 0 spiro atoms. The zero-order valence-electron chi connectivity index (χ0n) is 9.27. The second-order valence-electron chi connectivity index (χ2n) is 3.22. The van der Waals surface area contributed by atoms with E-state index in [0.717, 1.165) is 5.56 Å². The molecule has 6 heteroatoms. The van der Waals surface area contributed by atoms with Crippen LogP contribution in [0.25, 0.3) is 0 Å². The minimum atomic E-state index is -3.45. The molecule has 0 radical (unpaired) electrons. The van der Waals surface area contributed by atoms with E-state index in [-0.39, 0.29) is 11.6 Å². The number of nitrogens with one attached hydrogen (secondary N) is 2. The second kappa shape index (κ2) is 5.62. The van der Waals surface area contributed by atoms with Crippen molar-refractivity contribution in [2.75, 3.05) is 13.7 Å². The van der Waals surface area contributed by atoms with Crippen molar-refractivity contribution in [1.29, 1.82) is 0 Å². The minimum Gasteiger partial charge on any atom is -0.379 e. The molecule has 0 aliphatic heterocycles. The molecule has 0 atom stereocenters. The Morgan fingerprint density at radius 2 is 1.94 bits per heavy atom. The van der Waals surface area contributed by atoms with Crippen LogP contribution in [0.3, 0.4) is 0 Å². The number of nitrogens with zero attached hydrogens (tertiary/aromatic N) is 1. The molecule has 0 fully saturated rings. The molecule has 0 aromatic heterocycles. The van der Waals surface area contributed by atoms with Gasteiger partial charge in [0.25, 0.3) is 0 Å². The van der Waals surface area contributed by atoms with E-state index in [1.165, 1.54) is 6.34 Å². The highest BCUT2D eigenvalue weighted by Crippen LogP contribution is 2.09. The molecule has 0 saturated carbocycles. The SMILES string of the molecule is CN/C=N\CNS(=O)(=O)c1ccc(C)cc1. The minimum absolute atomic E-state index is 0.0249. The maximum absolute atomic E-state index is 11.7. The lowest BCUT2D eigenvalue weighted by atomic mass is 10.2. The van der Waals surface area contributed by atoms with E-state index in [4.69, 9.17) is 0 Å². The van der Waals surface area contributed by atoms with Crippen molar-refractivity contribution in [3.8, 4) is 0 Å². The quantitative estimate of drug-likeness (QED) is 0.582. The molecule has 0 aliphatic carbocycles. The van der Waals surface area contributed by atoms with Crippen molar-refractivity contribution in [2.45, 2.75) is 11.8 Å². The van der Waals surface area contributed by atoms with Gasteiger partial charge in [-0.15, -0.1) is 0 Å². The van der Waals surface area contributed by atoms with Gasteiger partial charge in [0.05, 0.1) is 11.2 Å². The van der Waals surface area contributed by atoms with Gasteiger partial charge in [0.2, 0.25) is 10.0 Å². The van der Waals surface area contributed by atoms with Crippen LogP contribution in [0.2, 0.25) is 0 Å². The van der Waals surface area contributed by atoms with E-state index >= 15 is 0 Å². The fourth-order valence-corrected chi connectivity index (χ4v) is 1.97. The topological polar surface area (TPSA) is 70.6 Å². The molecule has 1 aromatic rings. The number of aryl methyl sites for hydroxylation is 1. The van der Waals surface area contributed by atoms with Crippen LogP contribution < -0.4 is 10.0 Å². The Morgan fingerprint density at radius 1 is 1.31 bits per heavy atom. The Balaban J connectivity index is 2.71. The van der Waals surface area contributed by atoms with Crippen molar-refractivity contribution < 1.29 is 8.42 Å². The summed E-state index contributed by atoms with van der Waals surface area (Å²) in [6.45, 7) is 1.93. The van der Waals surface area contributed by atoms with Crippen LogP contribution in [0.1, 0.15) is 5.56 Å². The average Bonchev–Trinajstić information content (AvgIpc) is 2.25. The van der Waals surface area contributed by atoms with Crippen molar-refractivity contribution in [1.82, 2.24) is 10.0 Å². The third-order valence-corrected chi connectivity index (χ3v) is 3.30. The van der Waals surface area contributed by atoms with E-state index in [0.29, 0.717) is 0 Å². The third-order valence-electron chi connectivity index (χ3n) is 1.90. The Bertz CT molecular complexity index is 451. The second-order valence-corrected chi connectivity index (χ2v) is 4.99. The van der Waals surface area contributed by atoms with E-state index in [9.17, 15) is 8.42 Å². The zero-order chi connectivity index (χ0) is 12.0. The number of hydrogen-bond donors (Lipinski definition) is 2. The van der Waals surface area contributed by atoms with Gasteiger partial charge < -0.3 is 5.32 Å². The summed E-state index contributed by atoms with van der Waals surface area (Å²) in [5.41, 5.74) is 1.02. The van der Waals surface area contributed by atoms with Gasteiger partial charge in [0.1, 0.15) is 6.67 Å². The first-order valence-electron chi connectivity index (χ1n) is 4.78. The van der Waals surface area contributed by atoms with Gasteiger partial charge in [0.15, 0.2) is 0 Å². The number of hydrogen-bond acceptors (Lipinski definition) is 3. The van der Waals surface area contributed by atoms with Gasteiger partial charge >= 0.3 is 0 Å². The van der Waals surface area contributed by atoms with Gasteiger partial charge in [-0.25, -0.2) is 8.42 Å². The summed E-state index contributed by atoms with van der Waals surface area (Å²) in [7, 11) is -1.76. The molecule has 2 N–H and O–H groups in total. The van der Waals surface area contributed by atoms with Crippen LogP contribution in [-0.4, -0.2) is 28.5 Å². The van der Waals surface area contributed by atoms with Crippen molar-refractivity contribution >= 4 is 16.4 Å². The number of aliphatic imine (C=N–C) groups is 1. The molecule has 0 aliphatic rings. The first kappa shape index (κ1) is 12.7. The highest BCUT2D eigenvalue weighted by atomic mass is 32.2. The first-order valence-corrected chi connectivity index (χ1v) is 6.26. The van der Waals surface area contributed by atoms with Crippen molar-refractivity contribution in [2.24, 2.45) is 4.99 Å². The van der Waals surface area contributed by atoms with Crippen LogP contribution in [0.4, 0.5) is 0 Å². The molecule has 0 unspecified atom stereocenters. The predicted molar refractivity (Wildman–Crippen MR) is 63.9 cm³/mol.